The zero-order valence-electron chi connectivity index (χ0n) is 11.7. The van der Waals surface area contributed by atoms with Crippen molar-refractivity contribution < 1.29 is 14.3 Å². The summed E-state index contributed by atoms with van der Waals surface area (Å²) in [6.07, 6.45) is 2.31. The highest BCUT2D eigenvalue weighted by atomic mass is 35.5. The van der Waals surface area contributed by atoms with Crippen LogP contribution in [-0.4, -0.2) is 43.2 Å². The Kier molecular flexibility index (Phi) is 5.73. The first kappa shape index (κ1) is 16.4. The molecule has 2 bridgehead atoms. The molecular weight excluding hydrogens is 313 g/mol. The number of esters is 1. The van der Waals surface area contributed by atoms with Crippen LogP contribution in [0.4, 0.5) is 0 Å². The lowest BCUT2D eigenvalue weighted by Gasteiger charge is -2.43. The minimum atomic E-state index is -0.293. The van der Waals surface area contributed by atoms with E-state index in [-0.39, 0.29) is 31.1 Å². The lowest BCUT2D eigenvalue weighted by Crippen LogP contribution is -2.52. The molecule has 116 valence electrons. The van der Waals surface area contributed by atoms with Gasteiger partial charge in [0.15, 0.2) is 6.61 Å². The van der Waals surface area contributed by atoms with Crippen molar-refractivity contribution in [2.45, 2.75) is 18.9 Å². The molecule has 3 aliphatic heterocycles. The van der Waals surface area contributed by atoms with Crippen LogP contribution >= 0.6 is 24.0 Å². The van der Waals surface area contributed by atoms with Gasteiger partial charge in [-0.3, -0.25) is 4.90 Å². The number of rotatable bonds is 4. The summed E-state index contributed by atoms with van der Waals surface area (Å²) >= 11 is 5.79. The van der Waals surface area contributed by atoms with Crippen molar-refractivity contribution in [3.05, 3.63) is 29.3 Å². The molecule has 1 unspecified atom stereocenters. The van der Waals surface area contributed by atoms with Gasteiger partial charge in [-0.15, -0.1) is 12.4 Å². The fourth-order valence-corrected chi connectivity index (χ4v) is 3.05. The smallest absolute Gasteiger partial charge is 0.344 e. The summed E-state index contributed by atoms with van der Waals surface area (Å²) in [5.41, 5.74) is 0. The zero-order valence-corrected chi connectivity index (χ0v) is 13.2. The van der Waals surface area contributed by atoms with Gasteiger partial charge in [0, 0.05) is 11.6 Å². The Balaban J connectivity index is 0.00000161. The van der Waals surface area contributed by atoms with E-state index in [4.69, 9.17) is 21.1 Å². The lowest BCUT2D eigenvalue weighted by atomic mass is 9.86. The van der Waals surface area contributed by atoms with Gasteiger partial charge < -0.3 is 9.47 Å². The van der Waals surface area contributed by atoms with E-state index in [0.717, 1.165) is 32.5 Å². The summed E-state index contributed by atoms with van der Waals surface area (Å²) < 4.78 is 10.9. The fraction of sp³-hybridized carbons (Fsp3) is 0.533. The maximum Gasteiger partial charge on any atom is 0.344 e. The van der Waals surface area contributed by atoms with Crippen LogP contribution in [0.2, 0.25) is 5.02 Å². The van der Waals surface area contributed by atoms with E-state index in [0.29, 0.717) is 16.7 Å². The van der Waals surface area contributed by atoms with Crippen LogP contribution in [0.3, 0.4) is 0 Å². The maximum absolute atomic E-state index is 11.8. The third-order valence-electron chi connectivity index (χ3n) is 4.05. The Morgan fingerprint density at radius 1 is 1.24 bits per heavy atom. The Labute approximate surface area is 135 Å². The molecule has 0 aliphatic carbocycles. The van der Waals surface area contributed by atoms with Gasteiger partial charge in [-0.1, -0.05) is 11.6 Å². The number of hydrogen-bond acceptors (Lipinski definition) is 4. The third-order valence-corrected chi connectivity index (χ3v) is 4.30. The molecule has 21 heavy (non-hydrogen) atoms. The molecule has 0 spiro atoms. The number of hydrogen-bond donors (Lipinski definition) is 0. The van der Waals surface area contributed by atoms with Gasteiger partial charge in [0.2, 0.25) is 0 Å². The standard InChI is InChI=1S/C15H18ClNO3.ClH/c16-12-1-3-13(4-2-12)19-10-15(18)20-14-9-17-7-5-11(14)6-8-17;/h1-4,11,14H,5-10H2;1H. The molecule has 3 aliphatic rings. The normalized spacial score (nSPS) is 26.8. The third kappa shape index (κ3) is 4.25. The molecule has 1 atom stereocenters. The minimum Gasteiger partial charge on any atom is -0.482 e. The van der Waals surface area contributed by atoms with Crippen molar-refractivity contribution in [3.63, 3.8) is 0 Å². The van der Waals surface area contributed by atoms with Crippen molar-refractivity contribution in [1.82, 2.24) is 4.90 Å². The summed E-state index contributed by atoms with van der Waals surface area (Å²) in [6.45, 7) is 3.10. The number of benzene rings is 1. The van der Waals surface area contributed by atoms with Gasteiger partial charge in [-0.05, 0) is 56.1 Å². The molecule has 3 heterocycles. The summed E-state index contributed by atoms with van der Waals surface area (Å²) in [6, 6.07) is 6.94. The van der Waals surface area contributed by atoms with E-state index < -0.39 is 0 Å². The number of piperidine rings is 3. The van der Waals surface area contributed by atoms with E-state index in [1.54, 1.807) is 24.3 Å². The molecule has 0 N–H and O–H groups in total. The predicted molar refractivity (Wildman–Crippen MR) is 83.2 cm³/mol. The van der Waals surface area contributed by atoms with Crippen LogP contribution in [0.1, 0.15) is 12.8 Å². The molecule has 0 radical (unpaired) electrons. The Bertz CT molecular complexity index is 472. The van der Waals surface area contributed by atoms with E-state index in [1.807, 2.05) is 0 Å². The van der Waals surface area contributed by atoms with E-state index >= 15 is 0 Å². The van der Waals surface area contributed by atoms with Crippen molar-refractivity contribution in [2.24, 2.45) is 5.92 Å². The molecule has 4 rings (SSSR count). The first-order chi connectivity index (χ1) is 9.70. The molecular formula is C15H19Cl2NO3. The molecule has 3 saturated heterocycles. The molecule has 1 aromatic rings. The minimum absolute atomic E-state index is 0. The Hall–Kier alpha value is -0.970. The van der Waals surface area contributed by atoms with Crippen LogP contribution in [0.25, 0.3) is 0 Å². The number of nitrogens with zero attached hydrogens (tertiary/aromatic N) is 1. The van der Waals surface area contributed by atoms with E-state index in [9.17, 15) is 4.79 Å². The van der Waals surface area contributed by atoms with Crippen molar-refractivity contribution in [1.29, 1.82) is 0 Å². The Morgan fingerprint density at radius 2 is 1.90 bits per heavy atom. The topological polar surface area (TPSA) is 38.8 Å². The number of ether oxygens (including phenoxy) is 2. The van der Waals surface area contributed by atoms with Gasteiger partial charge in [0.25, 0.3) is 0 Å². The number of carbonyl (C=O) groups is 1. The second-order valence-corrected chi connectivity index (χ2v) is 5.85. The lowest BCUT2D eigenvalue weighted by molar-refractivity contribution is -0.161. The van der Waals surface area contributed by atoms with Crippen molar-refractivity contribution in [2.75, 3.05) is 26.2 Å². The summed E-state index contributed by atoms with van der Waals surface area (Å²) in [7, 11) is 0. The van der Waals surface area contributed by atoms with E-state index in [1.165, 1.54) is 0 Å². The summed E-state index contributed by atoms with van der Waals surface area (Å²) in [5, 5.41) is 0.646. The van der Waals surface area contributed by atoms with Gasteiger partial charge in [0.1, 0.15) is 11.9 Å². The van der Waals surface area contributed by atoms with Crippen LogP contribution in [0, 0.1) is 5.92 Å². The van der Waals surface area contributed by atoms with Crippen LogP contribution < -0.4 is 4.74 Å². The molecule has 3 fully saturated rings. The first-order valence-electron chi connectivity index (χ1n) is 7.01. The Morgan fingerprint density at radius 3 is 2.48 bits per heavy atom. The number of fused-ring (bicyclic) bond motifs is 3. The van der Waals surface area contributed by atoms with Crippen LogP contribution in [0.5, 0.6) is 5.75 Å². The fourth-order valence-electron chi connectivity index (χ4n) is 2.92. The van der Waals surface area contributed by atoms with Crippen molar-refractivity contribution in [3.8, 4) is 5.75 Å². The first-order valence-corrected chi connectivity index (χ1v) is 7.39. The summed E-state index contributed by atoms with van der Waals surface area (Å²) in [5.74, 6) is 0.860. The summed E-state index contributed by atoms with van der Waals surface area (Å²) in [4.78, 5) is 14.2. The van der Waals surface area contributed by atoms with E-state index in [2.05, 4.69) is 4.90 Å². The average molecular weight is 332 g/mol. The van der Waals surface area contributed by atoms with Crippen molar-refractivity contribution >= 4 is 30.0 Å². The second kappa shape index (κ2) is 7.34. The maximum atomic E-state index is 11.8. The van der Waals surface area contributed by atoms with Gasteiger partial charge in [-0.2, -0.15) is 0 Å². The highest BCUT2D eigenvalue weighted by molar-refractivity contribution is 6.30. The second-order valence-electron chi connectivity index (χ2n) is 5.41. The van der Waals surface area contributed by atoms with Gasteiger partial charge in [-0.25, -0.2) is 4.79 Å². The molecule has 0 amide bonds. The highest BCUT2D eigenvalue weighted by Crippen LogP contribution is 2.29. The highest BCUT2D eigenvalue weighted by Gasteiger charge is 2.36. The molecule has 6 heteroatoms. The quantitative estimate of drug-likeness (QED) is 0.795. The van der Waals surface area contributed by atoms with Gasteiger partial charge in [0.05, 0.1) is 0 Å². The predicted octanol–water partition coefficient (Wildman–Crippen LogP) is 2.78. The van der Waals surface area contributed by atoms with Gasteiger partial charge >= 0.3 is 5.97 Å². The van der Waals surface area contributed by atoms with Crippen LogP contribution in [0.15, 0.2) is 24.3 Å². The average Bonchev–Trinajstić information content (AvgIpc) is 2.48. The molecule has 4 nitrogen and oxygen atoms in total. The molecule has 0 aromatic heterocycles. The SMILES string of the molecule is Cl.O=C(COc1ccc(Cl)cc1)OC1CN2CCC1CC2. The number of carbonyl (C=O) groups excluding carboxylic acids is 1. The van der Waals surface area contributed by atoms with Crippen LogP contribution in [-0.2, 0) is 9.53 Å². The monoisotopic (exact) mass is 331 g/mol. The largest absolute Gasteiger partial charge is 0.482 e. The number of halogens is 2. The zero-order chi connectivity index (χ0) is 13.9. The molecule has 0 saturated carbocycles. The molecule has 1 aromatic carbocycles.